The Hall–Kier alpha value is -4.32. The van der Waals surface area contributed by atoms with Gasteiger partial charge in [0.15, 0.2) is 5.82 Å². The summed E-state index contributed by atoms with van der Waals surface area (Å²) in [5.74, 6) is 3.82. The zero-order valence-electron chi connectivity index (χ0n) is 26.8. The summed E-state index contributed by atoms with van der Waals surface area (Å²) in [6.45, 7) is 8.63. The van der Waals surface area contributed by atoms with Crippen LogP contribution in [-0.2, 0) is 13.0 Å². The fraction of sp³-hybridized carbons (Fsp3) is 0.429. The number of aromatic nitrogens is 2. The van der Waals surface area contributed by atoms with E-state index in [1.165, 1.54) is 0 Å². The predicted molar refractivity (Wildman–Crippen MR) is 177 cm³/mol. The standard InChI is InChI=1S/C35H44N6O5/c1-43-32-9-5-3-7-30(32)40-19-15-38(16-20-40)24-28(42)26-45-29-13-11-27(12-14-29)23-34-36-35(46-37-34)25-39-17-21-41(22-18-39)31-8-4-6-10-33(31)44-2/h3-14,28,42H,15-26H2,1-2H3. The van der Waals surface area contributed by atoms with Crippen LogP contribution in [-0.4, -0.2) is 111 Å². The fourth-order valence-electron chi connectivity index (χ4n) is 6.15. The predicted octanol–water partition coefficient (Wildman–Crippen LogP) is 3.56. The maximum atomic E-state index is 10.6. The van der Waals surface area contributed by atoms with Crippen LogP contribution in [0.1, 0.15) is 17.3 Å². The third-order valence-electron chi connectivity index (χ3n) is 8.66. The summed E-state index contributed by atoms with van der Waals surface area (Å²) in [5.41, 5.74) is 3.32. The average Bonchev–Trinajstić information content (AvgIpc) is 3.55. The van der Waals surface area contributed by atoms with Crippen molar-refractivity contribution in [2.24, 2.45) is 0 Å². The maximum absolute atomic E-state index is 10.6. The third kappa shape index (κ3) is 8.09. The van der Waals surface area contributed by atoms with Crippen LogP contribution in [0.5, 0.6) is 17.2 Å². The second-order valence-corrected chi connectivity index (χ2v) is 11.8. The van der Waals surface area contributed by atoms with Crippen molar-refractivity contribution < 1.29 is 23.8 Å². The molecule has 0 radical (unpaired) electrons. The SMILES string of the molecule is COc1ccccc1N1CCN(Cc2nc(Cc3ccc(OCC(O)CN4CCN(c5ccccc5OC)CC4)cc3)no2)CC1. The van der Waals surface area contributed by atoms with E-state index < -0.39 is 6.10 Å². The lowest BCUT2D eigenvalue weighted by Crippen LogP contribution is -2.49. The van der Waals surface area contributed by atoms with Crippen LogP contribution < -0.4 is 24.0 Å². The average molecular weight is 629 g/mol. The van der Waals surface area contributed by atoms with Crippen molar-refractivity contribution in [3.8, 4) is 17.2 Å². The summed E-state index contributed by atoms with van der Waals surface area (Å²) in [4.78, 5) is 14.0. The smallest absolute Gasteiger partial charge is 0.240 e. The lowest BCUT2D eigenvalue weighted by molar-refractivity contribution is 0.0663. The van der Waals surface area contributed by atoms with Gasteiger partial charge in [0.25, 0.3) is 0 Å². The Morgan fingerprint density at radius 3 is 1.89 bits per heavy atom. The number of hydrogen-bond acceptors (Lipinski definition) is 11. The maximum Gasteiger partial charge on any atom is 0.240 e. The Kier molecular flexibility index (Phi) is 10.5. The summed E-state index contributed by atoms with van der Waals surface area (Å²) in [5, 5.41) is 14.9. The number of anilines is 2. The first-order valence-corrected chi connectivity index (χ1v) is 16.0. The molecule has 6 rings (SSSR count). The minimum atomic E-state index is -0.570. The van der Waals surface area contributed by atoms with Crippen LogP contribution in [0.4, 0.5) is 11.4 Å². The van der Waals surface area contributed by atoms with Crippen LogP contribution in [0.2, 0.25) is 0 Å². The van der Waals surface area contributed by atoms with Gasteiger partial charge in [-0.15, -0.1) is 0 Å². The van der Waals surface area contributed by atoms with E-state index in [-0.39, 0.29) is 6.61 Å². The number of methoxy groups -OCH3 is 2. The highest BCUT2D eigenvalue weighted by atomic mass is 16.5. The number of hydrogen-bond donors (Lipinski definition) is 1. The summed E-state index contributed by atoms with van der Waals surface area (Å²) in [7, 11) is 3.42. The highest BCUT2D eigenvalue weighted by Gasteiger charge is 2.23. The number of rotatable bonds is 13. The molecule has 1 aromatic heterocycles. The Bertz CT molecular complexity index is 1520. The van der Waals surface area contributed by atoms with E-state index in [0.29, 0.717) is 31.2 Å². The molecular weight excluding hydrogens is 584 g/mol. The monoisotopic (exact) mass is 628 g/mol. The number of benzene rings is 3. The molecule has 4 aromatic rings. The molecular formula is C35H44N6O5. The molecule has 46 heavy (non-hydrogen) atoms. The number of nitrogens with zero attached hydrogens (tertiary/aromatic N) is 6. The van der Waals surface area contributed by atoms with Crippen molar-refractivity contribution in [3.63, 3.8) is 0 Å². The van der Waals surface area contributed by atoms with Gasteiger partial charge in [0.05, 0.1) is 32.1 Å². The Balaban J connectivity index is 0.900. The second kappa shape index (κ2) is 15.3. The van der Waals surface area contributed by atoms with Gasteiger partial charge < -0.3 is 33.6 Å². The van der Waals surface area contributed by atoms with Gasteiger partial charge >= 0.3 is 0 Å². The van der Waals surface area contributed by atoms with Gasteiger partial charge in [0.2, 0.25) is 5.89 Å². The topological polar surface area (TPSA) is 99.8 Å². The Labute approximate surface area is 270 Å². The van der Waals surface area contributed by atoms with Gasteiger partial charge in [-0.3, -0.25) is 9.80 Å². The number of β-amino-alcohol motifs (C(OH)–C–C–N with tert-alkyl or cyclic N) is 1. The van der Waals surface area contributed by atoms with Crippen LogP contribution in [0, 0.1) is 0 Å². The molecule has 1 N–H and O–H groups in total. The van der Waals surface area contributed by atoms with Crippen molar-refractivity contribution in [1.82, 2.24) is 19.9 Å². The van der Waals surface area contributed by atoms with Gasteiger partial charge in [0, 0.05) is 65.3 Å². The first kappa shape index (κ1) is 31.7. The molecule has 0 aliphatic carbocycles. The molecule has 2 saturated heterocycles. The molecule has 0 saturated carbocycles. The fourth-order valence-corrected chi connectivity index (χ4v) is 6.15. The summed E-state index contributed by atoms with van der Waals surface area (Å²) >= 11 is 0. The quantitative estimate of drug-likeness (QED) is 0.235. The zero-order valence-corrected chi connectivity index (χ0v) is 26.8. The Morgan fingerprint density at radius 1 is 0.739 bits per heavy atom. The van der Waals surface area contributed by atoms with Gasteiger partial charge in [-0.1, -0.05) is 41.6 Å². The van der Waals surface area contributed by atoms with Crippen molar-refractivity contribution in [2.75, 3.05) is 89.5 Å². The molecule has 2 fully saturated rings. The number of para-hydroxylation sites is 4. The molecule has 0 amide bonds. The highest BCUT2D eigenvalue weighted by Crippen LogP contribution is 2.29. The van der Waals surface area contributed by atoms with Crippen molar-refractivity contribution in [2.45, 2.75) is 19.1 Å². The minimum absolute atomic E-state index is 0.243. The molecule has 0 bridgehead atoms. The molecule has 244 valence electrons. The van der Waals surface area contributed by atoms with Gasteiger partial charge in [-0.25, -0.2) is 0 Å². The lowest BCUT2D eigenvalue weighted by Gasteiger charge is -2.37. The summed E-state index contributed by atoms with van der Waals surface area (Å²) in [6.07, 6.45) is 0.00818. The molecule has 0 spiro atoms. The third-order valence-corrected chi connectivity index (χ3v) is 8.66. The molecule has 1 unspecified atom stereocenters. The first-order valence-electron chi connectivity index (χ1n) is 16.0. The van der Waals surface area contributed by atoms with E-state index in [2.05, 4.69) is 41.9 Å². The summed E-state index contributed by atoms with van der Waals surface area (Å²) in [6, 6.07) is 24.1. The van der Waals surface area contributed by atoms with E-state index in [9.17, 15) is 5.11 Å². The number of piperazine rings is 2. The molecule has 1 atom stereocenters. The normalized spacial score (nSPS) is 16.8. The van der Waals surface area contributed by atoms with E-state index >= 15 is 0 Å². The van der Waals surface area contributed by atoms with Crippen LogP contribution in [0.25, 0.3) is 0 Å². The van der Waals surface area contributed by atoms with Gasteiger partial charge in [-0.05, 0) is 42.0 Å². The molecule has 11 heteroatoms. The van der Waals surface area contributed by atoms with Crippen LogP contribution >= 0.6 is 0 Å². The van der Waals surface area contributed by atoms with E-state index in [1.807, 2.05) is 60.7 Å². The zero-order chi connectivity index (χ0) is 31.7. The number of aliphatic hydroxyl groups excluding tert-OH is 1. The molecule has 2 aliphatic rings. The molecule has 3 heterocycles. The largest absolute Gasteiger partial charge is 0.495 e. The van der Waals surface area contributed by atoms with Crippen molar-refractivity contribution >= 4 is 11.4 Å². The lowest BCUT2D eigenvalue weighted by atomic mass is 10.1. The van der Waals surface area contributed by atoms with Crippen LogP contribution in [0.15, 0.2) is 77.3 Å². The minimum Gasteiger partial charge on any atom is -0.495 e. The highest BCUT2D eigenvalue weighted by molar-refractivity contribution is 5.59. The summed E-state index contributed by atoms with van der Waals surface area (Å²) < 4.78 is 22.5. The van der Waals surface area contributed by atoms with E-state index in [1.54, 1.807) is 14.2 Å². The number of aliphatic hydroxyl groups is 1. The van der Waals surface area contributed by atoms with Crippen LogP contribution in [0.3, 0.4) is 0 Å². The second-order valence-electron chi connectivity index (χ2n) is 11.8. The molecule has 3 aromatic carbocycles. The van der Waals surface area contributed by atoms with Crippen molar-refractivity contribution in [1.29, 1.82) is 0 Å². The van der Waals surface area contributed by atoms with Crippen molar-refractivity contribution in [3.05, 3.63) is 90.1 Å². The van der Waals surface area contributed by atoms with E-state index in [4.69, 9.17) is 18.7 Å². The number of ether oxygens (including phenoxy) is 3. The van der Waals surface area contributed by atoms with E-state index in [0.717, 1.165) is 86.5 Å². The van der Waals surface area contributed by atoms with Gasteiger partial charge in [-0.2, -0.15) is 4.98 Å². The molecule has 2 aliphatic heterocycles. The Morgan fingerprint density at radius 2 is 1.30 bits per heavy atom. The van der Waals surface area contributed by atoms with Gasteiger partial charge in [0.1, 0.15) is 30.0 Å². The first-order chi connectivity index (χ1) is 22.6. The molecule has 11 nitrogen and oxygen atoms in total.